The fraction of sp³-hybridized carbons (Fsp3) is 0.321. The zero-order valence-electron chi connectivity index (χ0n) is 20.7. The van der Waals surface area contributed by atoms with E-state index in [2.05, 4.69) is 21.5 Å². The van der Waals surface area contributed by atoms with Gasteiger partial charge in [0.05, 0.1) is 61.4 Å². The van der Waals surface area contributed by atoms with E-state index in [0.717, 1.165) is 46.1 Å². The SMILES string of the molecule is COc1nn(C2CC2)cc1-c1ccc2cnc(CNC(=O)c3ccc4c(c3)[C@](C)(C#N)COC4)cc2n1. The molecule has 4 aromatic rings. The summed E-state index contributed by atoms with van der Waals surface area (Å²) in [4.78, 5) is 22.3. The summed E-state index contributed by atoms with van der Waals surface area (Å²) in [6, 6.07) is 14.0. The molecular weight excluding hydrogens is 468 g/mol. The molecule has 3 aromatic heterocycles. The Kier molecular flexibility index (Phi) is 5.61. The fourth-order valence-corrected chi connectivity index (χ4v) is 4.70. The van der Waals surface area contributed by atoms with E-state index in [9.17, 15) is 10.1 Å². The van der Waals surface area contributed by atoms with E-state index < -0.39 is 5.41 Å². The number of nitrogens with one attached hydrogen (secondary N) is 1. The number of aromatic nitrogens is 4. The van der Waals surface area contributed by atoms with Crippen LogP contribution in [0.2, 0.25) is 0 Å². The van der Waals surface area contributed by atoms with E-state index in [1.54, 1.807) is 25.4 Å². The molecule has 9 nitrogen and oxygen atoms in total. The predicted molar refractivity (Wildman–Crippen MR) is 136 cm³/mol. The third-order valence-corrected chi connectivity index (χ3v) is 7.01. The molecule has 1 amide bonds. The van der Waals surface area contributed by atoms with Gasteiger partial charge in [-0.3, -0.25) is 14.5 Å². The third kappa shape index (κ3) is 4.30. The first kappa shape index (κ1) is 23.1. The molecule has 0 radical (unpaired) electrons. The summed E-state index contributed by atoms with van der Waals surface area (Å²) in [5, 5.41) is 18.1. The predicted octanol–water partition coefficient (Wildman–Crippen LogP) is 4.08. The van der Waals surface area contributed by atoms with Crippen molar-refractivity contribution in [1.82, 2.24) is 25.1 Å². The van der Waals surface area contributed by atoms with Gasteiger partial charge in [0.1, 0.15) is 5.41 Å². The molecule has 1 N–H and O–H groups in total. The van der Waals surface area contributed by atoms with E-state index >= 15 is 0 Å². The second-order valence-electron chi connectivity index (χ2n) is 9.82. The molecule has 37 heavy (non-hydrogen) atoms. The molecule has 1 atom stereocenters. The number of carbonyl (C=O) groups is 1. The highest BCUT2D eigenvalue weighted by Gasteiger charge is 2.33. The number of rotatable bonds is 6. The second kappa shape index (κ2) is 8.98. The highest BCUT2D eigenvalue weighted by Crippen LogP contribution is 2.38. The minimum absolute atomic E-state index is 0.226. The molecule has 1 aliphatic heterocycles. The first-order valence-electron chi connectivity index (χ1n) is 12.3. The molecule has 0 unspecified atom stereocenters. The Morgan fingerprint density at radius 3 is 2.95 bits per heavy atom. The number of hydrogen-bond acceptors (Lipinski definition) is 7. The van der Waals surface area contributed by atoms with E-state index in [1.165, 1.54) is 0 Å². The third-order valence-electron chi connectivity index (χ3n) is 7.01. The van der Waals surface area contributed by atoms with Gasteiger partial charge in [0, 0.05) is 23.3 Å². The van der Waals surface area contributed by atoms with E-state index in [1.807, 2.05) is 42.1 Å². The summed E-state index contributed by atoms with van der Waals surface area (Å²) < 4.78 is 13.0. The topological polar surface area (TPSA) is 115 Å². The standard InChI is InChI=1S/C28H26N6O3/c1-28(15-29)16-37-14-19-4-3-17(9-23(19)28)26(35)31-12-20-10-25-18(11-30-20)5-8-24(32-25)22-13-34(21-6-7-21)33-27(22)36-2/h3-5,8-11,13,21H,6-7,12,14,16H2,1-2H3,(H,31,35)/t28-/m1/s1. The largest absolute Gasteiger partial charge is 0.479 e. The molecule has 186 valence electrons. The number of methoxy groups -OCH3 is 1. The number of nitriles is 1. The molecule has 6 rings (SSSR count). The number of benzene rings is 1. The Morgan fingerprint density at radius 2 is 2.16 bits per heavy atom. The van der Waals surface area contributed by atoms with Gasteiger partial charge in [-0.25, -0.2) is 4.98 Å². The number of fused-ring (bicyclic) bond motifs is 2. The lowest BCUT2D eigenvalue weighted by Crippen LogP contribution is -2.33. The molecule has 0 bridgehead atoms. The van der Waals surface area contributed by atoms with Gasteiger partial charge in [0.15, 0.2) is 0 Å². The van der Waals surface area contributed by atoms with E-state index in [0.29, 0.717) is 36.4 Å². The molecule has 1 saturated carbocycles. The van der Waals surface area contributed by atoms with Crippen molar-refractivity contribution in [3.05, 3.63) is 71.2 Å². The molecule has 0 saturated heterocycles. The Morgan fingerprint density at radius 1 is 1.30 bits per heavy atom. The quantitative estimate of drug-likeness (QED) is 0.429. The van der Waals surface area contributed by atoms with Gasteiger partial charge in [0.2, 0.25) is 5.88 Å². The van der Waals surface area contributed by atoms with Crippen molar-refractivity contribution in [1.29, 1.82) is 5.26 Å². The summed E-state index contributed by atoms with van der Waals surface area (Å²) in [6.45, 7) is 2.83. The lowest BCUT2D eigenvalue weighted by atomic mass is 9.79. The van der Waals surface area contributed by atoms with Crippen LogP contribution in [-0.4, -0.2) is 39.4 Å². The second-order valence-corrected chi connectivity index (χ2v) is 9.82. The van der Waals surface area contributed by atoms with Gasteiger partial charge in [-0.2, -0.15) is 5.26 Å². The van der Waals surface area contributed by atoms with E-state index in [4.69, 9.17) is 14.5 Å². The van der Waals surface area contributed by atoms with Crippen LogP contribution < -0.4 is 10.1 Å². The van der Waals surface area contributed by atoms with Crippen LogP contribution in [0.25, 0.3) is 22.2 Å². The maximum absolute atomic E-state index is 12.9. The summed E-state index contributed by atoms with van der Waals surface area (Å²) in [6.07, 6.45) is 6.02. The van der Waals surface area contributed by atoms with Crippen LogP contribution in [0.3, 0.4) is 0 Å². The van der Waals surface area contributed by atoms with Gasteiger partial charge < -0.3 is 14.8 Å². The summed E-state index contributed by atoms with van der Waals surface area (Å²) in [5.41, 5.74) is 4.60. The highest BCUT2D eigenvalue weighted by molar-refractivity contribution is 5.94. The number of nitrogens with zero attached hydrogens (tertiary/aromatic N) is 5. The molecule has 2 aliphatic rings. The van der Waals surface area contributed by atoms with Crippen molar-refractivity contribution in [2.45, 2.75) is 44.4 Å². The molecule has 1 fully saturated rings. The van der Waals surface area contributed by atoms with E-state index in [-0.39, 0.29) is 12.5 Å². The normalized spacial score (nSPS) is 18.7. The van der Waals surface area contributed by atoms with Crippen molar-refractivity contribution < 1.29 is 14.3 Å². The zero-order chi connectivity index (χ0) is 25.6. The van der Waals surface area contributed by atoms with Crippen LogP contribution in [-0.2, 0) is 23.3 Å². The summed E-state index contributed by atoms with van der Waals surface area (Å²) >= 11 is 0. The number of carbonyl (C=O) groups excluding carboxylic acids is 1. The first-order chi connectivity index (χ1) is 18.0. The number of hydrogen-bond donors (Lipinski definition) is 1. The maximum Gasteiger partial charge on any atom is 0.251 e. The Labute approximate surface area is 214 Å². The van der Waals surface area contributed by atoms with Gasteiger partial charge in [-0.1, -0.05) is 6.07 Å². The molecule has 1 aromatic carbocycles. The van der Waals surface area contributed by atoms with Crippen molar-refractivity contribution >= 4 is 16.8 Å². The molecular formula is C28H26N6O3. The Hall–Kier alpha value is -4.29. The minimum atomic E-state index is -0.773. The molecule has 1 aliphatic carbocycles. The lowest BCUT2D eigenvalue weighted by Gasteiger charge is -2.30. The van der Waals surface area contributed by atoms with Crippen molar-refractivity contribution in [3.63, 3.8) is 0 Å². The van der Waals surface area contributed by atoms with Gasteiger partial charge in [0.25, 0.3) is 5.91 Å². The van der Waals surface area contributed by atoms with Crippen molar-refractivity contribution in [2.24, 2.45) is 0 Å². The van der Waals surface area contributed by atoms with Crippen molar-refractivity contribution in [3.8, 4) is 23.2 Å². The first-order valence-corrected chi connectivity index (χ1v) is 12.3. The van der Waals surface area contributed by atoms with Gasteiger partial charge in [-0.05, 0) is 61.2 Å². The average Bonchev–Trinajstić information content (AvgIpc) is 3.69. The number of ether oxygens (including phenoxy) is 2. The van der Waals surface area contributed by atoms with Crippen LogP contribution in [0, 0.1) is 11.3 Å². The number of pyridine rings is 2. The molecule has 9 heteroatoms. The Balaban J connectivity index is 1.22. The van der Waals surface area contributed by atoms with Crippen LogP contribution in [0.15, 0.2) is 48.8 Å². The lowest BCUT2D eigenvalue weighted by molar-refractivity contribution is 0.0757. The molecule has 0 spiro atoms. The minimum Gasteiger partial charge on any atom is -0.479 e. The monoisotopic (exact) mass is 494 g/mol. The Bertz CT molecular complexity index is 1570. The summed E-state index contributed by atoms with van der Waals surface area (Å²) in [5.74, 6) is 0.333. The van der Waals surface area contributed by atoms with Crippen LogP contribution in [0.5, 0.6) is 5.88 Å². The zero-order valence-corrected chi connectivity index (χ0v) is 20.7. The summed E-state index contributed by atoms with van der Waals surface area (Å²) in [7, 11) is 1.62. The van der Waals surface area contributed by atoms with Crippen LogP contribution in [0.1, 0.15) is 53.0 Å². The maximum atomic E-state index is 12.9. The van der Waals surface area contributed by atoms with Crippen molar-refractivity contribution in [2.75, 3.05) is 13.7 Å². The van der Waals surface area contributed by atoms with Gasteiger partial charge in [-0.15, -0.1) is 5.10 Å². The van der Waals surface area contributed by atoms with Gasteiger partial charge >= 0.3 is 0 Å². The fourth-order valence-electron chi connectivity index (χ4n) is 4.70. The smallest absolute Gasteiger partial charge is 0.251 e. The molecule has 4 heterocycles. The number of amides is 1. The highest BCUT2D eigenvalue weighted by atomic mass is 16.5. The van der Waals surface area contributed by atoms with Crippen LogP contribution in [0.4, 0.5) is 0 Å². The average molecular weight is 495 g/mol. The van der Waals surface area contributed by atoms with Crippen LogP contribution >= 0.6 is 0 Å².